The van der Waals surface area contributed by atoms with Crippen LogP contribution in [0.25, 0.3) is 11.1 Å². The number of anilines is 2. The summed E-state index contributed by atoms with van der Waals surface area (Å²) in [4.78, 5) is 25.5. The third kappa shape index (κ3) is 7.37. The molecule has 1 aliphatic heterocycles. The van der Waals surface area contributed by atoms with Crippen molar-refractivity contribution < 1.29 is 9.90 Å². The number of benzene rings is 3. The lowest BCUT2D eigenvalue weighted by molar-refractivity contribution is -0.142. The van der Waals surface area contributed by atoms with Gasteiger partial charge >= 0.3 is 5.97 Å². The fourth-order valence-corrected chi connectivity index (χ4v) is 6.53. The molecule has 6 nitrogen and oxygen atoms in total. The van der Waals surface area contributed by atoms with Gasteiger partial charge in [0.2, 0.25) is 5.95 Å². The Balaban J connectivity index is 1.50. The van der Waals surface area contributed by atoms with Crippen LogP contribution in [0.15, 0.2) is 67.0 Å². The summed E-state index contributed by atoms with van der Waals surface area (Å²) in [5.41, 5.74) is 10.2. The minimum Gasteiger partial charge on any atom is -0.481 e. The zero-order valence-electron chi connectivity index (χ0n) is 25.8. The molecule has 43 heavy (non-hydrogen) atoms. The van der Waals surface area contributed by atoms with E-state index < -0.39 is 5.97 Å². The Bertz CT molecular complexity index is 1570. The van der Waals surface area contributed by atoms with Crippen LogP contribution >= 0.6 is 11.6 Å². The van der Waals surface area contributed by atoms with Crippen LogP contribution in [-0.4, -0.2) is 34.1 Å². The molecule has 0 spiro atoms. The fraction of sp³-hybridized carbons (Fsp3) is 0.361. The number of hydrogen-bond donors (Lipinski definition) is 1. The number of carboxylic acid groups (broad SMARTS) is 1. The highest BCUT2D eigenvalue weighted by atomic mass is 35.5. The van der Waals surface area contributed by atoms with Crippen molar-refractivity contribution in [1.29, 1.82) is 0 Å². The molecule has 0 bridgehead atoms. The van der Waals surface area contributed by atoms with Crippen molar-refractivity contribution in [1.82, 2.24) is 9.97 Å². The lowest BCUT2D eigenvalue weighted by atomic mass is 9.93. The third-order valence-corrected chi connectivity index (χ3v) is 8.59. The average molecular weight is 597 g/mol. The number of aliphatic carboxylic acids is 1. The van der Waals surface area contributed by atoms with Crippen molar-refractivity contribution in [3.8, 4) is 11.1 Å². The zero-order chi connectivity index (χ0) is 30.7. The Morgan fingerprint density at radius 1 is 0.953 bits per heavy atom. The van der Waals surface area contributed by atoms with Gasteiger partial charge in [-0.15, -0.1) is 0 Å². The quantitative estimate of drug-likeness (QED) is 0.209. The highest BCUT2D eigenvalue weighted by molar-refractivity contribution is 6.33. The second-order valence-electron chi connectivity index (χ2n) is 12.3. The molecule has 2 heterocycles. The summed E-state index contributed by atoms with van der Waals surface area (Å²) in [5.74, 6) is 0.0690. The second-order valence-corrected chi connectivity index (χ2v) is 12.7. The van der Waals surface area contributed by atoms with Crippen LogP contribution < -0.4 is 9.80 Å². The molecule has 1 fully saturated rings. The van der Waals surface area contributed by atoms with Crippen molar-refractivity contribution >= 4 is 29.2 Å². The Labute approximate surface area is 260 Å². The predicted octanol–water partition coefficient (Wildman–Crippen LogP) is 8.35. The van der Waals surface area contributed by atoms with Crippen LogP contribution in [0.1, 0.15) is 66.0 Å². The minimum absolute atomic E-state index is 0.277. The number of aryl methyl sites for hydroxylation is 3. The highest BCUT2D eigenvalue weighted by Gasteiger charge is 2.25. The van der Waals surface area contributed by atoms with Crippen LogP contribution in [0.3, 0.4) is 0 Å². The first-order valence-corrected chi connectivity index (χ1v) is 15.5. The van der Waals surface area contributed by atoms with Crippen LogP contribution in [-0.2, 0) is 17.9 Å². The van der Waals surface area contributed by atoms with Gasteiger partial charge in [-0.05, 0) is 73.4 Å². The summed E-state index contributed by atoms with van der Waals surface area (Å²) in [6.07, 6.45) is 5.00. The zero-order valence-corrected chi connectivity index (χ0v) is 26.5. The van der Waals surface area contributed by atoms with E-state index in [-0.39, 0.29) is 5.92 Å². The maximum Gasteiger partial charge on any atom is 0.306 e. The molecule has 0 aliphatic carbocycles. The fourth-order valence-electron chi connectivity index (χ4n) is 6.12. The molecule has 0 unspecified atom stereocenters. The topological polar surface area (TPSA) is 69.6 Å². The molecule has 1 aromatic heterocycles. The molecule has 7 heteroatoms. The van der Waals surface area contributed by atoms with Gasteiger partial charge in [0.25, 0.3) is 0 Å². The Morgan fingerprint density at radius 2 is 1.60 bits per heavy atom. The lowest BCUT2D eigenvalue weighted by Crippen LogP contribution is -2.36. The number of piperidine rings is 1. The average Bonchev–Trinajstić information content (AvgIpc) is 2.96. The largest absolute Gasteiger partial charge is 0.481 e. The molecule has 5 rings (SSSR count). The smallest absolute Gasteiger partial charge is 0.306 e. The monoisotopic (exact) mass is 596 g/mol. The van der Waals surface area contributed by atoms with E-state index in [0.717, 1.165) is 33.0 Å². The van der Waals surface area contributed by atoms with Gasteiger partial charge in [0.1, 0.15) is 0 Å². The number of aromatic nitrogens is 2. The van der Waals surface area contributed by atoms with E-state index in [0.29, 0.717) is 50.9 Å². The predicted molar refractivity (Wildman–Crippen MR) is 176 cm³/mol. The molecule has 1 saturated heterocycles. The van der Waals surface area contributed by atoms with Crippen LogP contribution in [0.5, 0.6) is 0 Å². The number of nitrogens with zero attached hydrogens (tertiary/aromatic N) is 4. The number of halogens is 1. The standard InChI is InChI=1S/C36H41ClN4O2/c1-23(2)29-7-6-8-30(18-29)34-31(16-26(5)17-33(34)37)22-41(21-27-14-24(3)13-25(4)15-27)36-38-19-32(20-39-36)40-11-9-28(10-12-40)35(42)43/h6-8,13-20,23,28H,9-12,21-22H2,1-5H3,(H,42,43). The Hall–Kier alpha value is -3.90. The third-order valence-electron chi connectivity index (χ3n) is 8.29. The number of carbonyl (C=O) groups is 1. The van der Waals surface area contributed by atoms with Crippen molar-refractivity contribution in [3.63, 3.8) is 0 Å². The number of rotatable bonds is 9. The van der Waals surface area contributed by atoms with E-state index in [1.165, 1.54) is 22.3 Å². The molecule has 1 aliphatic rings. The summed E-state index contributed by atoms with van der Waals surface area (Å²) in [6, 6.07) is 19.5. The van der Waals surface area contributed by atoms with Gasteiger partial charge in [0, 0.05) is 36.8 Å². The molecule has 1 N–H and O–H groups in total. The van der Waals surface area contributed by atoms with E-state index in [9.17, 15) is 9.90 Å². The molecule has 0 saturated carbocycles. The molecular weight excluding hydrogens is 556 g/mol. The van der Waals surface area contributed by atoms with Gasteiger partial charge in [-0.25, -0.2) is 9.97 Å². The first-order chi connectivity index (χ1) is 20.6. The summed E-state index contributed by atoms with van der Waals surface area (Å²) < 4.78 is 0. The summed E-state index contributed by atoms with van der Waals surface area (Å²) >= 11 is 6.98. The number of hydrogen-bond acceptors (Lipinski definition) is 5. The van der Waals surface area contributed by atoms with E-state index in [2.05, 4.69) is 92.9 Å². The van der Waals surface area contributed by atoms with Crippen molar-refractivity contribution in [3.05, 3.63) is 105 Å². The first kappa shape index (κ1) is 30.6. The second kappa shape index (κ2) is 13.2. The molecular formula is C36H41ClN4O2. The van der Waals surface area contributed by atoms with Gasteiger partial charge in [0.05, 0.1) is 24.0 Å². The van der Waals surface area contributed by atoms with Crippen LogP contribution in [0, 0.1) is 26.7 Å². The van der Waals surface area contributed by atoms with E-state index >= 15 is 0 Å². The normalized spacial score (nSPS) is 13.9. The number of carboxylic acids is 1. The van der Waals surface area contributed by atoms with Crippen LogP contribution in [0.4, 0.5) is 11.6 Å². The molecule has 4 aromatic rings. The maximum absolute atomic E-state index is 11.4. The first-order valence-electron chi connectivity index (χ1n) is 15.1. The molecule has 224 valence electrons. The lowest BCUT2D eigenvalue weighted by Gasteiger charge is -2.32. The molecule has 0 radical (unpaired) electrons. The summed E-state index contributed by atoms with van der Waals surface area (Å²) in [7, 11) is 0. The van der Waals surface area contributed by atoms with Gasteiger partial charge in [0.15, 0.2) is 0 Å². The van der Waals surface area contributed by atoms with Crippen LogP contribution in [0.2, 0.25) is 5.02 Å². The Kier molecular flexibility index (Phi) is 9.36. The van der Waals surface area contributed by atoms with E-state index in [4.69, 9.17) is 21.6 Å². The molecule has 0 atom stereocenters. The Morgan fingerprint density at radius 3 is 2.23 bits per heavy atom. The summed E-state index contributed by atoms with van der Waals surface area (Å²) in [5, 5.41) is 10.1. The maximum atomic E-state index is 11.4. The SMILES string of the molecule is Cc1cc(C)cc(CN(Cc2cc(C)cc(Cl)c2-c2cccc(C(C)C)c2)c2ncc(N3CCC(C(=O)O)CC3)cn2)c1. The van der Waals surface area contributed by atoms with Gasteiger partial charge in [-0.1, -0.05) is 85.1 Å². The van der Waals surface area contributed by atoms with Crippen molar-refractivity contribution in [2.24, 2.45) is 5.92 Å². The molecule has 3 aromatic carbocycles. The van der Waals surface area contributed by atoms with Gasteiger partial charge in [-0.3, -0.25) is 4.79 Å². The molecule has 0 amide bonds. The summed E-state index contributed by atoms with van der Waals surface area (Å²) in [6.45, 7) is 13.3. The van der Waals surface area contributed by atoms with E-state index in [1.807, 2.05) is 18.5 Å². The van der Waals surface area contributed by atoms with Gasteiger partial charge < -0.3 is 14.9 Å². The van der Waals surface area contributed by atoms with Gasteiger partial charge in [-0.2, -0.15) is 0 Å². The van der Waals surface area contributed by atoms with Crippen molar-refractivity contribution in [2.45, 2.75) is 66.5 Å². The van der Waals surface area contributed by atoms with E-state index in [1.54, 1.807) is 0 Å². The minimum atomic E-state index is -0.708. The highest BCUT2D eigenvalue weighted by Crippen LogP contribution is 2.36. The van der Waals surface area contributed by atoms with Crippen molar-refractivity contribution in [2.75, 3.05) is 22.9 Å².